The standard InChI is InChI=1S/C16H25NO/c1-12-8-9-14(16(10-12)18-2)15(17)11-13-6-4-3-5-7-13/h8-10,13,15H,3-7,11,17H2,1-2H3. The van der Waals surface area contributed by atoms with Crippen molar-refractivity contribution in [2.24, 2.45) is 11.7 Å². The number of methoxy groups -OCH3 is 1. The minimum absolute atomic E-state index is 0.114. The molecule has 0 heterocycles. The van der Waals surface area contributed by atoms with Gasteiger partial charge in [-0.25, -0.2) is 0 Å². The molecule has 1 unspecified atom stereocenters. The van der Waals surface area contributed by atoms with Crippen molar-refractivity contribution >= 4 is 0 Å². The van der Waals surface area contributed by atoms with Gasteiger partial charge in [0, 0.05) is 11.6 Å². The van der Waals surface area contributed by atoms with Gasteiger partial charge in [0.2, 0.25) is 0 Å². The third kappa shape index (κ3) is 3.26. The first-order valence-electron chi connectivity index (χ1n) is 7.11. The van der Waals surface area contributed by atoms with Crippen molar-refractivity contribution in [2.45, 2.75) is 51.5 Å². The molecule has 2 N–H and O–H groups in total. The Labute approximate surface area is 111 Å². The Morgan fingerprint density at radius 3 is 2.67 bits per heavy atom. The topological polar surface area (TPSA) is 35.2 Å². The van der Waals surface area contributed by atoms with Crippen LogP contribution in [0, 0.1) is 12.8 Å². The van der Waals surface area contributed by atoms with E-state index in [-0.39, 0.29) is 6.04 Å². The molecule has 18 heavy (non-hydrogen) atoms. The summed E-state index contributed by atoms with van der Waals surface area (Å²) in [4.78, 5) is 0. The average Bonchev–Trinajstić information content (AvgIpc) is 2.39. The van der Waals surface area contributed by atoms with Gasteiger partial charge < -0.3 is 10.5 Å². The van der Waals surface area contributed by atoms with Crippen LogP contribution in [-0.2, 0) is 0 Å². The van der Waals surface area contributed by atoms with E-state index in [4.69, 9.17) is 10.5 Å². The fourth-order valence-corrected chi connectivity index (χ4v) is 3.03. The smallest absolute Gasteiger partial charge is 0.123 e. The van der Waals surface area contributed by atoms with Crippen molar-refractivity contribution in [3.8, 4) is 5.75 Å². The number of rotatable bonds is 4. The highest BCUT2D eigenvalue weighted by atomic mass is 16.5. The first-order valence-corrected chi connectivity index (χ1v) is 7.11. The van der Waals surface area contributed by atoms with Crippen molar-refractivity contribution in [1.29, 1.82) is 0 Å². The number of nitrogens with two attached hydrogens (primary N) is 1. The highest BCUT2D eigenvalue weighted by Gasteiger charge is 2.19. The third-order valence-corrected chi connectivity index (χ3v) is 4.10. The lowest BCUT2D eigenvalue weighted by Crippen LogP contribution is -2.18. The van der Waals surface area contributed by atoms with E-state index in [0.29, 0.717) is 0 Å². The third-order valence-electron chi connectivity index (χ3n) is 4.10. The number of aryl methyl sites for hydroxylation is 1. The van der Waals surface area contributed by atoms with Crippen LogP contribution in [0.4, 0.5) is 0 Å². The lowest BCUT2D eigenvalue weighted by molar-refractivity contribution is 0.315. The van der Waals surface area contributed by atoms with Crippen LogP contribution in [0.3, 0.4) is 0 Å². The number of hydrogen-bond acceptors (Lipinski definition) is 2. The van der Waals surface area contributed by atoms with E-state index >= 15 is 0 Å². The van der Waals surface area contributed by atoms with Gasteiger partial charge in [-0.2, -0.15) is 0 Å². The molecular formula is C16H25NO. The molecule has 0 amide bonds. The molecule has 0 bridgehead atoms. The molecule has 2 rings (SSSR count). The number of benzene rings is 1. The van der Waals surface area contributed by atoms with E-state index in [1.165, 1.54) is 37.7 Å². The monoisotopic (exact) mass is 247 g/mol. The van der Waals surface area contributed by atoms with Gasteiger partial charge in [-0.05, 0) is 30.9 Å². The van der Waals surface area contributed by atoms with Gasteiger partial charge in [0.05, 0.1) is 7.11 Å². The summed E-state index contributed by atoms with van der Waals surface area (Å²) in [6, 6.07) is 6.44. The zero-order valence-corrected chi connectivity index (χ0v) is 11.6. The molecular weight excluding hydrogens is 222 g/mol. The van der Waals surface area contributed by atoms with E-state index in [9.17, 15) is 0 Å². The molecule has 100 valence electrons. The summed E-state index contributed by atoms with van der Waals surface area (Å²) in [5, 5.41) is 0. The minimum Gasteiger partial charge on any atom is -0.496 e. The molecule has 1 saturated carbocycles. The fourth-order valence-electron chi connectivity index (χ4n) is 3.03. The molecule has 0 radical (unpaired) electrons. The molecule has 0 spiro atoms. The summed E-state index contributed by atoms with van der Waals surface area (Å²) in [5.74, 6) is 1.75. The van der Waals surface area contributed by atoms with E-state index in [0.717, 1.165) is 23.7 Å². The largest absolute Gasteiger partial charge is 0.496 e. The lowest BCUT2D eigenvalue weighted by atomic mass is 9.83. The molecule has 0 saturated heterocycles. The Kier molecular flexibility index (Phi) is 4.65. The molecule has 1 aliphatic rings. The van der Waals surface area contributed by atoms with E-state index < -0.39 is 0 Å². The second kappa shape index (κ2) is 6.24. The molecule has 1 atom stereocenters. The van der Waals surface area contributed by atoms with Crippen LogP contribution in [0.2, 0.25) is 0 Å². The van der Waals surface area contributed by atoms with E-state index in [1.54, 1.807) is 7.11 Å². The summed E-state index contributed by atoms with van der Waals surface area (Å²) in [5.41, 5.74) is 8.76. The van der Waals surface area contributed by atoms with Gasteiger partial charge in [0.15, 0.2) is 0 Å². The van der Waals surface area contributed by atoms with Crippen LogP contribution < -0.4 is 10.5 Å². The van der Waals surface area contributed by atoms with Gasteiger partial charge in [-0.3, -0.25) is 0 Å². The van der Waals surface area contributed by atoms with Crippen LogP contribution in [0.15, 0.2) is 18.2 Å². The van der Waals surface area contributed by atoms with Gasteiger partial charge in [-0.1, -0.05) is 44.2 Å². The molecule has 1 aliphatic carbocycles. The van der Waals surface area contributed by atoms with Crippen LogP contribution in [0.25, 0.3) is 0 Å². The fraction of sp³-hybridized carbons (Fsp3) is 0.625. The second-order valence-corrected chi connectivity index (χ2v) is 5.59. The number of hydrogen-bond donors (Lipinski definition) is 1. The van der Waals surface area contributed by atoms with Gasteiger partial charge in [0.25, 0.3) is 0 Å². The average molecular weight is 247 g/mol. The molecule has 0 aliphatic heterocycles. The van der Waals surface area contributed by atoms with Crippen LogP contribution in [-0.4, -0.2) is 7.11 Å². The Bertz CT molecular complexity index is 383. The maximum absolute atomic E-state index is 6.37. The zero-order chi connectivity index (χ0) is 13.0. The SMILES string of the molecule is COc1cc(C)ccc1C(N)CC1CCCCC1. The number of ether oxygens (including phenoxy) is 1. The van der Waals surface area contributed by atoms with E-state index in [2.05, 4.69) is 25.1 Å². The minimum atomic E-state index is 0.114. The van der Waals surface area contributed by atoms with Crippen molar-refractivity contribution in [2.75, 3.05) is 7.11 Å². The van der Waals surface area contributed by atoms with Gasteiger partial charge >= 0.3 is 0 Å². The summed E-state index contributed by atoms with van der Waals surface area (Å²) in [6.45, 7) is 2.08. The molecule has 2 nitrogen and oxygen atoms in total. The lowest BCUT2D eigenvalue weighted by Gasteiger charge is -2.25. The Balaban J connectivity index is 2.05. The second-order valence-electron chi connectivity index (χ2n) is 5.59. The van der Waals surface area contributed by atoms with Crippen molar-refractivity contribution in [3.05, 3.63) is 29.3 Å². The Morgan fingerprint density at radius 1 is 1.28 bits per heavy atom. The van der Waals surface area contributed by atoms with Crippen LogP contribution in [0.5, 0.6) is 5.75 Å². The predicted molar refractivity (Wildman–Crippen MR) is 75.9 cm³/mol. The summed E-state index contributed by atoms with van der Waals surface area (Å²) in [7, 11) is 1.73. The maximum atomic E-state index is 6.37. The molecule has 1 fully saturated rings. The van der Waals surface area contributed by atoms with E-state index in [1.807, 2.05) is 0 Å². The first-order chi connectivity index (χ1) is 8.70. The quantitative estimate of drug-likeness (QED) is 0.873. The van der Waals surface area contributed by atoms with Crippen molar-refractivity contribution in [1.82, 2.24) is 0 Å². The normalized spacial score (nSPS) is 18.6. The summed E-state index contributed by atoms with van der Waals surface area (Å²) >= 11 is 0. The van der Waals surface area contributed by atoms with Crippen LogP contribution >= 0.6 is 0 Å². The van der Waals surface area contributed by atoms with Crippen molar-refractivity contribution < 1.29 is 4.74 Å². The summed E-state index contributed by atoms with van der Waals surface area (Å²) < 4.78 is 5.46. The highest BCUT2D eigenvalue weighted by molar-refractivity contribution is 5.39. The maximum Gasteiger partial charge on any atom is 0.123 e. The first kappa shape index (κ1) is 13.4. The van der Waals surface area contributed by atoms with Gasteiger partial charge in [0.1, 0.15) is 5.75 Å². The van der Waals surface area contributed by atoms with Crippen molar-refractivity contribution in [3.63, 3.8) is 0 Å². The Morgan fingerprint density at radius 2 is 2.00 bits per heavy atom. The zero-order valence-electron chi connectivity index (χ0n) is 11.6. The molecule has 2 heteroatoms. The molecule has 0 aromatic heterocycles. The molecule has 1 aromatic carbocycles. The van der Waals surface area contributed by atoms with Gasteiger partial charge in [-0.15, -0.1) is 0 Å². The van der Waals surface area contributed by atoms with Crippen LogP contribution in [0.1, 0.15) is 55.7 Å². The highest BCUT2D eigenvalue weighted by Crippen LogP contribution is 2.34. The summed E-state index contributed by atoms with van der Waals surface area (Å²) in [6.07, 6.45) is 7.95. The Hall–Kier alpha value is -1.02. The molecule has 1 aromatic rings. The predicted octanol–water partition coefficient (Wildman–Crippen LogP) is 3.97.